The van der Waals surface area contributed by atoms with Crippen molar-refractivity contribution in [3.05, 3.63) is 34.9 Å². The van der Waals surface area contributed by atoms with Gasteiger partial charge >= 0.3 is 5.97 Å². The minimum atomic E-state index is -1.10. The Bertz CT molecular complexity index is 374. The molecule has 13 heavy (non-hydrogen) atoms. The summed E-state index contributed by atoms with van der Waals surface area (Å²) in [5.74, 6) is 3.56. The van der Waals surface area contributed by atoms with Crippen molar-refractivity contribution in [1.29, 1.82) is 0 Å². The molecule has 0 heterocycles. The highest BCUT2D eigenvalue weighted by Crippen LogP contribution is 2.07. The van der Waals surface area contributed by atoms with Crippen molar-refractivity contribution in [3.8, 4) is 11.8 Å². The van der Waals surface area contributed by atoms with Gasteiger partial charge in [-0.3, -0.25) is 0 Å². The first-order valence-corrected chi connectivity index (χ1v) is 3.91. The molecule has 1 aromatic rings. The van der Waals surface area contributed by atoms with E-state index in [4.69, 9.17) is 5.11 Å². The Morgan fingerprint density at radius 2 is 1.77 bits per heavy atom. The number of benzene rings is 1. The predicted octanol–water partition coefficient (Wildman–Crippen LogP) is 1.74. The molecule has 0 unspecified atom stereocenters. The van der Waals surface area contributed by atoms with Gasteiger partial charge in [-0.25, -0.2) is 4.79 Å². The van der Waals surface area contributed by atoms with Crippen LogP contribution < -0.4 is 0 Å². The van der Waals surface area contributed by atoms with Crippen LogP contribution in [-0.4, -0.2) is 11.1 Å². The van der Waals surface area contributed by atoms with Crippen molar-refractivity contribution in [1.82, 2.24) is 0 Å². The highest BCUT2D eigenvalue weighted by atomic mass is 16.4. The average molecular weight is 174 g/mol. The van der Waals surface area contributed by atoms with Gasteiger partial charge in [0.25, 0.3) is 0 Å². The molecule has 0 aliphatic heterocycles. The molecule has 0 fully saturated rings. The molecule has 0 spiro atoms. The van der Waals surface area contributed by atoms with E-state index in [9.17, 15) is 4.79 Å². The molecule has 2 nitrogen and oxygen atoms in total. The van der Waals surface area contributed by atoms with Crippen LogP contribution in [0.25, 0.3) is 0 Å². The Morgan fingerprint density at radius 1 is 1.23 bits per heavy atom. The Kier molecular flexibility index (Phi) is 2.71. The highest BCUT2D eigenvalue weighted by Gasteiger charge is 1.92. The second-order valence-corrected chi connectivity index (χ2v) is 2.93. The Balaban J connectivity index is 3.04. The van der Waals surface area contributed by atoms with Crippen molar-refractivity contribution in [2.24, 2.45) is 0 Å². The van der Waals surface area contributed by atoms with Gasteiger partial charge < -0.3 is 5.11 Å². The van der Waals surface area contributed by atoms with Gasteiger partial charge in [-0.15, -0.1) is 0 Å². The van der Waals surface area contributed by atoms with Crippen LogP contribution in [0, 0.1) is 25.7 Å². The van der Waals surface area contributed by atoms with E-state index in [0.29, 0.717) is 0 Å². The van der Waals surface area contributed by atoms with Gasteiger partial charge in [-0.05, 0) is 37.1 Å². The van der Waals surface area contributed by atoms with Crippen LogP contribution in [0.4, 0.5) is 0 Å². The van der Waals surface area contributed by atoms with Gasteiger partial charge in [0.1, 0.15) is 0 Å². The molecular formula is C11H10O2. The fourth-order valence-electron chi connectivity index (χ4n) is 1.17. The van der Waals surface area contributed by atoms with Crippen molar-refractivity contribution < 1.29 is 9.90 Å². The number of carbonyl (C=O) groups is 1. The minimum Gasteiger partial charge on any atom is -0.472 e. The maximum absolute atomic E-state index is 10.2. The summed E-state index contributed by atoms with van der Waals surface area (Å²) in [6, 6.07) is 5.75. The number of carboxylic acids is 1. The zero-order chi connectivity index (χ0) is 9.84. The van der Waals surface area contributed by atoms with E-state index >= 15 is 0 Å². The van der Waals surface area contributed by atoms with Crippen LogP contribution in [0.3, 0.4) is 0 Å². The molecular weight excluding hydrogens is 164 g/mol. The zero-order valence-electron chi connectivity index (χ0n) is 7.59. The molecule has 0 saturated carbocycles. The molecule has 0 aromatic heterocycles. The van der Waals surface area contributed by atoms with E-state index in [-0.39, 0.29) is 0 Å². The quantitative estimate of drug-likeness (QED) is 0.608. The SMILES string of the molecule is Cc1cc(C)cc(C#CC(=O)O)c1. The lowest BCUT2D eigenvalue weighted by molar-refractivity contribution is -0.130. The molecule has 66 valence electrons. The fraction of sp³-hybridized carbons (Fsp3) is 0.182. The van der Waals surface area contributed by atoms with E-state index < -0.39 is 5.97 Å². The molecule has 1 aromatic carbocycles. The first-order chi connectivity index (χ1) is 6.08. The Hall–Kier alpha value is -1.75. The number of carboxylic acid groups (broad SMARTS) is 1. The summed E-state index contributed by atoms with van der Waals surface area (Å²) in [4.78, 5) is 10.2. The smallest absolute Gasteiger partial charge is 0.382 e. The van der Waals surface area contributed by atoms with Gasteiger partial charge in [0, 0.05) is 11.5 Å². The maximum Gasteiger partial charge on any atom is 0.382 e. The Labute approximate surface area is 77.2 Å². The predicted molar refractivity (Wildman–Crippen MR) is 50.4 cm³/mol. The van der Waals surface area contributed by atoms with Crippen LogP contribution >= 0.6 is 0 Å². The van der Waals surface area contributed by atoms with Crippen molar-refractivity contribution >= 4 is 5.97 Å². The first kappa shape index (κ1) is 9.34. The summed E-state index contributed by atoms with van der Waals surface area (Å²) in [5, 5.41) is 8.34. The molecule has 2 heteroatoms. The summed E-state index contributed by atoms with van der Waals surface area (Å²) in [6.45, 7) is 3.91. The lowest BCUT2D eigenvalue weighted by Crippen LogP contribution is -1.88. The van der Waals surface area contributed by atoms with Crippen LogP contribution in [0.1, 0.15) is 16.7 Å². The maximum atomic E-state index is 10.2. The summed E-state index contributed by atoms with van der Waals surface area (Å²) >= 11 is 0. The van der Waals surface area contributed by atoms with Crippen LogP contribution in [0.15, 0.2) is 18.2 Å². The standard InChI is InChI=1S/C11H10O2/c1-8-5-9(2)7-10(6-8)3-4-11(12)13/h5-7H,1-2H3,(H,12,13). The topological polar surface area (TPSA) is 37.3 Å². The summed E-state index contributed by atoms with van der Waals surface area (Å²) in [7, 11) is 0. The van der Waals surface area contributed by atoms with Gasteiger partial charge in [0.15, 0.2) is 0 Å². The van der Waals surface area contributed by atoms with E-state index in [1.165, 1.54) is 0 Å². The monoisotopic (exact) mass is 174 g/mol. The van der Waals surface area contributed by atoms with Crippen LogP contribution in [0.5, 0.6) is 0 Å². The number of hydrogen-bond acceptors (Lipinski definition) is 1. The third-order valence-electron chi connectivity index (χ3n) is 1.54. The van der Waals surface area contributed by atoms with Crippen LogP contribution in [-0.2, 0) is 4.79 Å². The summed E-state index contributed by atoms with van der Waals surface area (Å²) in [6.07, 6.45) is 0. The molecule has 1 N–H and O–H groups in total. The largest absolute Gasteiger partial charge is 0.472 e. The van der Waals surface area contributed by atoms with Crippen molar-refractivity contribution in [2.75, 3.05) is 0 Å². The minimum absolute atomic E-state index is 0.750. The fourth-order valence-corrected chi connectivity index (χ4v) is 1.17. The molecule has 0 saturated heterocycles. The highest BCUT2D eigenvalue weighted by molar-refractivity contribution is 5.87. The number of hydrogen-bond donors (Lipinski definition) is 1. The molecule has 0 atom stereocenters. The number of aryl methyl sites for hydroxylation is 2. The van der Waals surface area contributed by atoms with Crippen molar-refractivity contribution in [2.45, 2.75) is 13.8 Å². The normalized spacial score (nSPS) is 8.77. The number of rotatable bonds is 0. The van der Waals surface area contributed by atoms with Crippen LogP contribution in [0.2, 0.25) is 0 Å². The lowest BCUT2D eigenvalue weighted by atomic mass is 10.1. The van der Waals surface area contributed by atoms with Gasteiger partial charge in [0.2, 0.25) is 0 Å². The summed E-state index contributed by atoms with van der Waals surface area (Å²) < 4.78 is 0. The van der Waals surface area contributed by atoms with Gasteiger partial charge in [0.05, 0.1) is 0 Å². The van der Waals surface area contributed by atoms with Gasteiger partial charge in [-0.1, -0.05) is 12.0 Å². The van der Waals surface area contributed by atoms with E-state index in [1.807, 2.05) is 32.0 Å². The van der Waals surface area contributed by atoms with Gasteiger partial charge in [-0.2, -0.15) is 0 Å². The molecule has 1 rings (SSSR count). The molecule has 0 bridgehead atoms. The van der Waals surface area contributed by atoms with E-state index in [1.54, 1.807) is 0 Å². The molecule has 0 aliphatic carbocycles. The van der Waals surface area contributed by atoms with Crippen molar-refractivity contribution in [3.63, 3.8) is 0 Å². The van der Waals surface area contributed by atoms with E-state index in [2.05, 4.69) is 11.8 Å². The van der Waals surface area contributed by atoms with E-state index in [0.717, 1.165) is 16.7 Å². The average Bonchev–Trinajstić information content (AvgIpc) is 1.99. The second-order valence-electron chi connectivity index (χ2n) is 2.93. The lowest BCUT2D eigenvalue weighted by Gasteiger charge is -1.96. The molecule has 0 aliphatic rings. The Morgan fingerprint density at radius 3 is 2.23 bits per heavy atom. The second kappa shape index (κ2) is 3.77. The number of aliphatic carboxylic acids is 1. The summed E-state index contributed by atoms with van der Waals surface area (Å²) in [5.41, 5.74) is 2.93. The third kappa shape index (κ3) is 3.00. The zero-order valence-corrected chi connectivity index (χ0v) is 7.59. The molecule has 0 radical (unpaired) electrons. The third-order valence-corrected chi connectivity index (χ3v) is 1.54. The molecule has 0 amide bonds. The first-order valence-electron chi connectivity index (χ1n) is 3.91.